The van der Waals surface area contributed by atoms with Crippen LogP contribution < -0.4 is 24.6 Å². The van der Waals surface area contributed by atoms with Crippen molar-refractivity contribution in [1.29, 1.82) is 0 Å². The SMILES string of the molecule is CC(=O)c1cc2c(cc1NC(=O)C[NH+]1CC[NH+](C/C=C/c3ccccc3)CC1)OCO2. The third-order valence-electron chi connectivity index (χ3n) is 5.76. The number of quaternary nitrogens is 2. The topological polar surface area (TPSA) is 73.5 Å². The average Bonchev–Trinajstić information content (AvgIpc) is 3.22. The third-order valence-corrected chi connectivity index (χ3v) is 5.76. The van der Waals surface area contributed by atoms with Gasteiger partial charge in [-0.2, -0.15) is 0 Å². The molecule has 1 saturated heterocycles. The van der Waals surface area contributed by atoms with Crippen molar-refractivity contribution in [2.45, 2.75) is 6.92 Å². The van der Waals surface area contributed by atoms with Gasteiger partial charge in [0.2, 0.25) is 6.79 Å². The average molecular weight is 424 g/mol. The van der Waals surface area contributed by atoms with E-state index in [0.29, 0.717) is 29.3 Å². The molecule has 0 saturated carbocycles. The van der Waals surface area contributed by atoms with Crippen molar-refractivity contribution in [3.63, 3.8) is 0 Å². The van der Waals surface area contributed by atoms with E-state index in [1.807, 2.05) is 18.2 Å². The number of fused-ring (bicyclic) bond motifs is 1. The highest BCUT2D eigenvalue weighted by Crippen LogP contribution is 2.37. The fourth-order valence-electron chi connectivity index (χ4n) is 4.02. The van der Waals surface area contributed by atoms with Crippen molar-refractivity contribution in [3.8, 4) is 11.5 Å². The van der Waals surface area contributed by atoms with Crippen LogP contribution in [-0.2, 0) is 4.79 Å². The van der Waals surface area contributed by atoms with E-state index in [-0.39, 0.29) is 18.5 Å². The van der Waals surface area contributed by atoms with Crippen LogP contribution in [0.25, 0.3) is 6.08 Å². The van der Waals surface area contributed by atoms with Gasteiger partial charge in [-0.15, -0.1) is 0 Å². The first-order chi connectivity index (χ1) is 15.1. The second-order valence-electron chi connectivity index (χ2n) is 8.05. The van der Waals surface area contributed by atoms with Crippen LogP contribution >= 0.6 is 0 Å². The van der Waals surface area contributed by atoms with E-state index in [2.05, 4.69) is 29.6 Å². The quantitative estimate of drug-likeness (QED) is 0.551. The first-order valence-corrected chi connectivity index (χ1v) is 10.7. The summed E-state index contributed by atoms with van der Waals surface area (Å²) in [5.41, 5.74) is 2.14. The first kappa shape index (κ1) is 21.1. The molecule has 2 aromatic rings. The molecule has 31 heavy (non-hydrogen) atoms. The highest BCUT2D eigenvalue weighted by atomic mass is 16.7. The van der Waals surface area contributed by atoms with Crippen LogP contribution in [0.2, 0.25) is 0 Å². The summed E-state index contributed by atoms with van der Waals surface area (Å²) in [5, 5.41) is 2.90. The summed E-state index contributed by atoms with van der Waals surface area (Å²) in [7, 11) is 0. The number of Topliss-reactive ketones (excluding diaryl/α,β-unsaturated/α-hetero) is 1. The summed E-state index contributed by atoms with van der Waals surface area (Å²) < 4.78 is 10.7. The molecule has 7 nitrogen and oxygen atoms in total. The number of benzene rings is 2. The highest BCUT2D eigenvalue weighted by Gasteiger charge is 2.25. The van der Waals surface area contributed by atoms with Crippen molar-refractivity contribution >= 4 is 23.5 Å². The molecule has 2 aliphatic heterocycles. The molecular formula is C24H29N3O4+2. The monoisotopic (exact) mass is 423 g/mol. The molecule has 0 atom stereocenters. The van der Waals surface area contributed by atoms with Gasteiger partial charge in [-0.3, -0.25) is 9.59 Å². The van der Waals surface area contributed by atoms with Gasteiger partial charge in [0.15, 0.2) is 23.8 Å². The Bertz CT molecular complexity index is 966. The highest BCUT2D eigenvalue weighted by molar-refractivity contribution is 6.04. The normalized spacial score (nSPS) is 20.0. The van der Waals surface area contributed by atoms with Gasteiger partial charge in [0.25, 0.3) is 5.91 Å². The number of ether oxygens (including phenoxy) is 2. The summed E-state index contributed by atoms with van der Waals surface area (Å²) in [6.07, 6.45) is 4.39. The van der Waals surface area contributed by atoms with Gasteiger partial charge in [0.1, 0.15) is 26.2 Å². The lowest BCUT2D eigenvalue weighted by Gasteiger charge is -2.28. The molecule has 2 heterocycles. The molecular weight excluding hydrogens is 394 g/mol. The van der Waals surface area contributed by atoms with E-state index in [9.17, 15) is 9.59 Å². The summed E-state index contributed by atoms with van der Waals surface area (Å²) >= 11 is 0. The van der Waals surface area contributed by atoms with Gasteiger partial charge in [0.05, 0.1) is 12.2 Å². The second kappa shape index (κ2) is 9.76. The van der Waals surface area contributed by atoms with E-state index in [1.165, 1.54) is 22.3 Å². The zero-order valence-electron chi connectivity index (χ0n) is 17.8. The van der Waals surface area contributed by atoms with E-state index in [0.717, 1.165) is 32.7 Å². The Balaban J connectivity index is 1.26. The number of amides is 1. The number of rotatable bonds is 7. The number of hydrogen-bond acceptors (Lipinski definition) is 4. The maximum Gasteiger partial charge on any atom is 0.279 e. The van der Waals surface area contributed by atoms with Crippen LogP contribution in [0.4, 0.5) is 5.69 Å². The number of carbonyl (C=O) groups excluding carboxylic acids is 2. The lowest BCUT2D eigenvalue weighted by atomic mass is 10.1. The fourth-order valence-corrected chi connectivity index (χ4v) is 4.02. The number of ketones is 1. The van der Waals surface area contributed by atoms with Crippen molar-refractivity contribution in [2.24, 2.45) is 0 Å². The molecule has 1 fully saturated rings. The molecule has 1 amide bonds. The molecule has 3 N–H and O–H groups in total. The van der Waals surface area contributed by atoms with E-state index >= 15 is 0 Å². The van der Waals surface area contributed by atoms with Crippen molar-refractivity contribution in [2.75, 3.05) is 51.4 Å². The molecule has 0 aliphatic carbocycles. The molecule has 0 unspecified atom stereocenters. The largest absolute Gasteiger partial charge is 0.454 e. The Morgan fingerprint density at radius 3 is 2.39 bits per heavy atom. The first-order valence-electron chi connectivity index (χ1n) is 10.7. The van der Waals surface area contributed by atoms with E-state index < -0.39 is 0 Å². The minimum absolute atomic E-state index is 0.0937. The minimum Gasteiger partial charge on any atom is -0.454 e. The Morgan fingerprint density at radius 2 is 1.68 bits per heavy atom. The van der Waals surface area contributed by atoms with Gasteiger partial charge in [-0.25, -0.2) is 0 Å². The molecule has 0 aromatic heterocycles. The zero-order chi connectivity index (χ0) is 21.6. The molecule has 4 rings (SSSR count). The number of anilines is 1. The standard InChI is InChI=1S/C24H27N3O4/c1-18(28)20-14-22-23(31-17-30-22)15-21(20)25-24(29)16-27-12-10-26(11-13-27)9-5-8-19-6-3-2-4-7-19/h2-8,14-15H,9-13,16-17H2,1H3,(H,25,29)/p+2/b8-5+. The van der Waals surface area contributed by atoms with Gasteiger partial charge in [0, 0.05) is 11.6 Å². The summed E-state index contributed by atoms with van der Waals surface area (Å²) in [4.78, 5) is 27.4. The molecule has 0 spiro atoms. The molecule has 0 bridgehead atoms. The van der Waals surface area contributed by atoms with Gasteiger partial charge in [-0.05, 0) is 24.6 Å². The Kier molecular flexibility index (Phi) is 6.64. The van der Waals surface area contributed by atoms with Gasteiger partial charge in [-0.1, -0.05) is 36.4 Å². The number of piperazine rings is 1. The van der Waals surface area contributed by atoms with E-state index in [1.54, 1.807) is 12.1 Å². The van der Waals surface area contributed by atoms with Crippen LogP contribution in [0.15, 0.2) is 48.5 Å². The second-order valence-corrected chi connectivity index (χ2v) is 8.05. The minimum atomic E-state index is -0.123. The Morgan fingerprint density at radius 1 is 1.00 bits per heavy atom. The predicted molar refractivity (Wildman–Crippen MR) is 118 cm³/mol. The Labute approximate surface area is 182 Å². The lowest BCUT2D eigenvalue weighted by Crippen LogP contribution is -3.28. The van der Waals surface area contributed by atoms with Crippen LogP contribution in [0.3, 0.4) is 0 Å². The molecule has 162 valence electrons. The zero-order valence-corrected chi connectivity index (χ0v) is 17.8. The predicted octanol–water partition coefficient (Wildman–Crippen LogP) is 0.0532. The van der Waals surface area contributed by atoms with Crippen LogP contribution in [0.5, 0.6) is 11.5 Å². The molecule has 2 aliphatic rings. The lowest BCUT2D eigenvalue weighted by molar-refractivity contribution is -1.01. The maximum absolute atomic E-state index is 12.6. The molecule has 2 aromatic carbocycles. The van der Waals surface area contributed by atoms with Gasteiger partial charge < -0.3 is 24.6 Å². The molecule has 0 radical (unpaired) electrons. The smallest absolute Gasteiger partial charge is 0.279 e. The Hall–Kier alpha value is -3.16. The van der Waals surface area contributed by atoms with Crippen molar-refractivity contribution < 1.29 is 28.9 Å². The van der Waals surface area contributed by atoms with Crippen LogP contribution in [0.1, 0.15) is 22.8 Å². The van der Waals surface area contributed by atoms with Crippen LogP contribution in [-0.4, -0.2) is 57.8 Å². The summed E-state index contributed by atoms with van der Waals surface area (Å²) in [5.74, 6) is 0.869. The summed E-state index contributed by atoms with van der Waals surface area (Å²) in [6.45, 7) is 6.95. The van der Waals surface area contributed by atoms with E-state index in [4.69, 9.17) is 9.47 Å². The number of carbonyl (C=O) groups is 2. The maximum atomic E-state index is 12.6. The third kappa shape index (κ3) is 5.51. The van der Waals surface area contributed by atoms with Crippen molar-refractivity contribution in [1.82, 2.24) is 0 Å². The number of nitrogens with one attached hydrogen (secondary N) is 3. The van der Waals surface area contributed by atoms with Gasteiger partial charge >= 0.3 is 0 Å². The fraction of sp³-hybridized carbons (Fsp3) is 0.333. The molecule has 7 heteroatoms. The number of hydrogen-bond donors (Lipinski definition) is 3. The van der Waals surface area contributed by atoms with Crippen molar-refractivity contribution in [3.05, 3.63) is 59.7 Å². The van der Waals surface area contributed by atoms with Crippen LogP contribution in [0, 0.1) is 0 Å². The summed E-state index contributed by atoms with van der Waals surface area (Å²) in [6, 6.07) is 13.6.